The monoisotopic (exact) mass is 338 g/mol. The molecule has 0 spiro atoms. The molecule has 2 aliphatic heterocycles. The number of amides is 4. The van der Waals surface area contributed by atoms with Crippen LogP contribution in [0.3, 0.4) is 0 Å². The highest BCUT2D eigenvalue weighted by molar-refractivity contribution is 6.18. The second-order valence-corrected chi connectivity index (χ2v) is 5.57. The Hall–Kier alpha value is -2.26. The van der Waals surface area contributed by atoms with E-state index in [9.17, 15) is 19.2 Å². The second kappa shape index (κ2) is 8.55. The van der Waals surface area contributed by atoms with Crippen molar-refractivity contribution in [1.29, 1.82) is 0 Å². The Morgan fingerprint density at radius 1 is 1.25 bits per heavy atom. The summed E-state index contributed by atoms with van der Waals surface area (Å²) in [5.41, 5.74) is 5.51. The number of nitrogens with one attached hydrogen (secondary N) is 2. The summed E-state index contributed by atoms with van der Waals surface area (Å²) < 4.78 is 5.34. The largest absolute Gasteiger partial charge is 0.381 e. The molecule has 2 heterocycles. The molecule has 1 unspecified atom stereocenters. The van der Waals surface area contributed by atoms with Gasteiger partial charge in [-0.15, -0.1) is 0 Å². The molecule has 1 fully saturated rings. The van der Waals surface area contributed by atoms with Crippen LogP contribution < -0.4 is 16.4 Å². The van der Waals surface area contributed by atoms with Gasteiger partial charge in [0.15, 0.2) is 0 Å². The predicted octanol–water partition coefficient (Wildman–Crippen LogP) is -1.61. The first-order valence-corrected chi connectivity index (χ1v) is 7.99. The summed E-state index contributed by atoms with van der Waals surface area (Å²) in [6, 6.07) is -0.933. The molecular formula is C15H22N4O5. The van der Waals surface area contributed by atoms with E-state index in [2.05, 4.69) is 10.6 Å². The minimum Gasteiger partial charge on any atom is -0.381 e. The summed E-state index contributed by atoms with van der Waals surface area (Å²) in [6.07, 6.45) is 2.91. The zero-order chi connectivity index (χ0) is 17.5. The molecular weight excluding hydrogens is 316 g/mol. The van der Waals surface area contributed by atoms with E-state index in [1.54, 1.807) is 0 Å². The van der Waals surface area contributed by atoms with Crippen LogP contribution >= 0.6 is 0 Å². The van der Waals surface area contributed by atoms with E-state index in [4.69, 9.17) is 10.5 Å². The van der Waals surface area contributed by atoms with Gasteiger partial charge in [-0.2, -0.15) is 0 Å². The van der Waals surface area contributed by atoms with E-state index in [0.29, 0.717) is 32.7 Å². The quantitative estimate of drug-likeness (QED) is 0.340. The lowest BCUT2D eigenvalue weighted by atomic mass is 10.0. The number of hydrogen-bond acceptors (Lipinski definition) is 7. The predicted molar refractivity (Wildman–Crippen MR) is 83.2 cm³/mol. The minimum absolute atomic E-state index is 0.108. The Morgan fingerprint density at radius 3 is 2.71 bits per heavy atom. The van der Waals surface area contributed by atoms with Crippen LogP contribution in [0, 0.1) is 0 Å². The molecule has 9 heteroatoms. The molecule has 1 atom stereocenters. The van der Waals surface area contributed by atoms with Gasteiger partial charge in [0.2, 0.25) is 11.8 Å². The zero-order valence-corrected chi connectivity index (χ0v) is 13.4. The lowest BCUT2D eigenvalue weighted by Gasteiger charge is -2.28. The summed E-state index contributed by atoms with van der Waals surface area (Å²) in [7, 11) is 0. The van der Waals surface area contributed by atoms with E-state index >= 15 is 0 Å². The highest BCUT2D eigenvalue weighted by Gasteiger charge is 2.42. The fourth-order valence-electron chi connectivity index (χ4n) is 2.52. The highest BCUT2D eigenvalue weighted by Crippen LogP contribution is 2.19. The Bertz CT molecular complexity index is 560. The van der Waals surface area contributed by atoms with Crippen LogP contribution in [-0.4, -0.2) is 60.9 Å². The van der Waals surface area contributed by atoms with Gasteiger partial charge in [-0.25, -0.2) is 0 Å². The standard InChI is InChI=1S/C15H22N4O5/c16-5-1-7-24-8-2-6-17-10-9-13(21)19(15(10)23)11-3-4-12(20)18-14(11)22/h9,11,17H,1-8,16H2,(H,18,20,22). The van der Waals surface area contributed by atoms with Crippen molar-refractivity contribution in [2.24, 2.45) is 5.73 Å². The van der Waals surface area contributed by atoms with Crippen LogP contribution in [-0.2, 0) is 23.9 Å². The third kappa shape index (κ3) is 4.39. The van der Waals surface area contributed by atoms with E-state index in [1.807, 2.05) is 0 Å². The first-order chi connectivity index (χ1) is 11.5. The van der Waals surface area contributed by atoms with Crippen molar-refractivity contribution in [3.8, 4) is 0 Å². The minimum atomic E-state index is -0.933. The van der Waals surface area contributed by atoms with E-state index < -0.39 is 29.7 Å². The van der Waals surface area contributed by atoms with Gasteiger partial charge in [-0.1, -0.05) is 0 Å². The summed E-state index contributed by atoms with van der Waals surface area (Å²) in [6.45, 7) is 2.17. The summed E-state index contributed by atoms with van der Waals surface area (Å²) in [5, 5.41) is 5.04. The maximum Gasteiger partial charge on any atom is 0.277 e. The Morgan fingerprint density at radius 2 is 2.00 bits per heavy atom. The van der Waals surface area contributed by atoms with Crippen molar-refractivity contribution in [3.63, 3.8) is 0 Å². The van der Waals surface area contributed by atoms with Crippen molar-refractivity contribution < 1.29 is 23.9 Å². The van der Waals surface area contributed by atoms with Gasteiger partial charge in [-0.05, 0) is 25.8 Å². The first kappa shape index (κ1) is 18.1. The normalized spacial score (nSPS) is 21.1. The van der Waals surface area contributed by atoms with E-state index in [0.717, 1.165) is 11.3 Å². The summed E-state index contributed by atoms with van der Waals surface area (Å²) >= 11 is 0. The lowest BCUT2D eigenvalue weighted by molar-refractivity contribution is -0.149. The van der Waals surface area contributed by atoms with Crippen LogP contribution in [0.15, 0.2) is 11.8 Å². The number of hydrogen-bond donors (Lipinski definition) is 3. The molecule has 4 amide bonds. The number of nitrogens with zero attached hydrogens (tertiary/aromatic N) is 1. The SMILES string of the molecule is NCCCOCCCNC1=CC(=O)N(C2CCC(=O)NC2=O)C1=O. The number of imide groups is 2. The third-order valence-electron chi connectivity index (χ3n) is 3.75. The average Bonchev–Trinajstić information content (AvgIpc) is 2.81. The molecule has 0 bridgehead atoms. The van der Waals surface area contributed by atoms with Gasteiger partial charge in [0.1, 0.15) is 11.7 Å². The van der Waals surface area contributed by atoms with Crippen LogP contribution in [0.5, 0.6) is 0 Å². The molecule has 2 aliphatic rings. The van der Waals surface area contributed by atoms with Gasteiger partial charge in [0.25, 0.3) is 11.8 Å². The maximum atomic E-state index is 12.3. The Kier molecular flexibility index (Phi) is 6.44. The van der Waals surface area contributed by atoms with Crippen LogP contribution in [0.25, 0.3) is 0 Å². The van der Waals surface area contributed by atoms with Gasteiger partial charge in [0, 0.05) is 32.3 Å². The van der Waals surface area contributed by atoms with Gasteiger partial charge >= 0.3 is 0 Å². The molecule has 0 saturated carbocycles. The highest BCUT2D eigenvalue weighted by atomic mass is 16.5. The number of ether oxygens (including phenoxy) is 1. The smallest absolute Gasteiger partial charge is 0.277 e. The van der Waals surface area contributed by atoms with Crippen molar-refractivity contribution in [2.75, 3.05) is 26.3 Å². The Labute approximate surface area is 139 Å². The number of nitrogens with two attached hydrogens (primary N) is 1. The molecule has 0 aromatic heterocycles. The number of carbonyl (C=O) groups excluding carboxylic acids is 4. The van der Waals surface area contributed by atoms with Crippen molar-refractivity contribution >= 4 is 23.6 Å². The molecule has 132 valence electrons. The first-order valence-electron chi connectivity index (χ1n) is 7.99. The molecule has 2 rings (SSSR count). The molecule has 0 aliphatic carbocycles. The fourth-order valence-corrected chi connectivity index (χ4v) is 2.52. The van der Waals surface area contributed by atoms with Gasteiger partial charge in [-0.3, -0.25) is 29.4 Å². The van der Waals surface area contributed by atoms with Crippen LogP contribution in [0.1, 0.15) is 25.7 Å². The van der Waals surface area contributed by atoms with Crippen LogP contribution in [0.2, 0.25) is 0 Å². The molecule has 24 heavy (non-hydrogen) atoms. The van der Waals surface area contributed by atoms with Gasteiger partial charge in [0.05, 0.1) is 0 Å². The van der Waals surface area contributed by atoms with Crippen LogP contribution in [0.4, 0.5) is 0 Å². The average molecular weight is 338 g/mol. The number of piperidine rings is 1. The second-order valence-electron chi connectivity index (χ2n) is 5.57. The van der Waals surface area contributed by atoms with E-state index in [-0.39, 0.29) is 18.5 Å². The summed E-state index contributed by atoms with van der Waals surface area (Å²) in [4.78, 5) is 48.2. The maximum absolute atomic E-state index is 12.3. The molecule has 0 aromatic carbocycles. The van der Waals surface area contributed by atoms with Crippen molar-refractivity contribution in [3.05, 3.63) is 11.8 Å². The molecule has 4 N–H and O–H groups in total. The topological polar surface area (TPSA) is 131 Å². The fraction of sp³-hybridized carbons (Fsp3) is 0.600. The number of carbonyl (C=O) groups is 4. The number of rotatable bonds is 9. The van der Waals surface area contributed by atoms with Crippen molar-refractivity contribution in [2.45, 2.75) is 31.7 Å². The lowest BCUT2D eigenvalue weighted by Crippen LogP contribution is -2.54. The third-order valence-corrected chi connectivity index (χ3v) is 3.75. The zero-order valence-electron chi connectivity index (χ0n) is 13.4. The van der Waals surface area contributed by atoms with Crippen molar-refractivity contribution in [1.82, 2.24) is 15.5 Å². The molecule has 0 aromatic rings. The van der Waals surface area contributed by atoms with Gasteiger partial charge < -0.3 is 15.8 Å². The molecule has 0 radical (unpaired) electrons. The van der Waals surface area contributed by atoms with E-state index in [1.165, 1.54) is 6.08 Å². The molecule has 9 nitrogen and oxygen atoms in total. The molecule has 1 saturated heterocycles. The summed E-state index contributed by atoms with van der Waals surface area (Å²) in [5.74, 6) is -2.10. The Balaban J connectivity index is 1.79.